The topological polar surface area (TPSA) is 22.1 Å². The number of halogens is 2. The summed E-state index contributed by atoms with van der Waals surface area (Å²) in [4.78, 5) is 4.28. The lowest BCUT2D eigenvalue weighted by atomic mass is 9.98. The van der Waals surface area contributed by atoms with Crippen molar-refractivity contribution < 1.29 is 4.74 Å². The highest BCUT2D eigenvalue weighted by molar-refractivity contribution is 9.11. The largest absolute Gasteiger partial charge is 0.438 e. The van der Waals surface area contributed by atoms with E-state index < -0.39 is 0 Å². The second-order valence-electron chi connectivity index (χ2n) is 4.39. The van der Waals surface area contributed by atoms with Crippen LogP contribution in [0.15, 0.2) is 45.5 Å². The van der Waals surface area contributed by atoms with Gasteiger partial charge in [0.15, 0.2) is 0 Å². The molecule has 100 valence electrons. The fourth-order valence-corrected chi connectivity index (χ4v) is 2.85. The van der Waals surface area contributed by atoms with Gasteiger partial charge in [-0.1, -0.05) is 32.0 Å². The van der Waals surface area contributed by atoms with Crippen LogP contribution in [0.4, 0.5) is 0 Å². The maximum atomic E-state index is 5.94. The lowest BCUT2D eigenvalue weighted by Gasteiger charge is -2.15. The maximum Gasteiger partial charge on any atom is 0.233 e. The minimum absolute atomic E-state index is 0.463. The van der Waals surface area contributed by atoms with E-state index in [1.54, 1.807) is 6.20 Å². The summed E-state index contributed by atoms with van der Waals surface area (Å²) in [5.41, 5.74) is 1.21. The molecule has 0 saturated carbocycles. The van der Waals surface area contributed by atoms with Crippen LogP contribution in [-0.2, 0) is 0 Å². The Labute approximate surface area is 130 Å². The van der Waals surface area contributed by atoms with Crippen LogP contribution in [0.2, 0.25) is 0 Å². The molecule has 0 saturated heterocycles. The highest BCUT2D eigenvalue weighted by atomic mass is 79.9. The number of aromatic nitrogens is 1. The number of hydrogen-bond donors (Lipinski definition) is 0. The van der Waals surface area contributed by atoms with Crippen LogP contribution in [0.25, 0.3) is 0 Å². The van der Waals surface area contributed by atoms with Gasteiger partial charge in [0.1, 0.15) is 5.75 Å². The molecule has 0 amide bonds. The highest BCUT2D eigenvalue weighted by Crippen LogP contribution is 2.34. The number of nitrogens with zero attached hydrogens (tertiary/aromatic N) is 1. The van der Waals surface area contributed by atoms with Crippen molar-refractivity contribution in [1.29, 1.82) is 0 Å². The van der Waals surface area contributed by atoms with Crippen LogP contribution in [0.3, 0.4) is 0 Å². The van der Waals surface area contributed by atoms with E-state index in [4.69, 9.17) is 4.74 Å². The molecule has 0 spiro atoms. The van der Waals surface area contributed by atoms with Gasteiger partial charge < -0.3 is 4.74 Å². The maximum absolute atomic E-state index is 5.94. The third-order valence-electron chi connectivity index (χ3n) is 3.04. The quantitative estimate of drug-likeness (QED) is 0.653. The van der Waals surface area contributed by atoms with Crippen molar-refractivity contribution in [3.8, 4) is 11.6 Å². The SMILES string of the molecule is CCC(C)c1ccccc1Oc1ncc(Br)cc1Br. The molecule has 0 aliphatic heterocycles. The lowest BCUT2D eigenvalue weighted by molar-refractivity contribution is 0.449. The van der Waals surface area contributed by atoms with E-state index in [2.05, 4.69) is 56.8 Å². The molecule has 0 aliphatic carbocycles. The number of benzene rings is 1. The highest BCUT2D eigenvalue weighted by Gasteiger charge is 2.12. The van der Waals surface area contributed by atoms with Gasteiger partial charge in [0.05, 0.1) is 4.47 Å². The number of pyridine rings is 1. The smallest absolute Gasteiger partial charge is 0.233 e. The van der Waals surface area contributed by atoms with Crippen molar-refractivity contribution in [2.75, 3.05) is 0 Å². The molecular formula is C15H15Br2NO. The molecule has 2 rings (SSSR count). The summed E-state index contributed by atoms with van der Waals surface area (Å²) in [6.45, 7) is 4.38. The Bertz CT molecular complexity index is 572. The Hall–Kier alpha value is -0.870. The number of para-hydroxylation sites is 1. The van der Waals surface area contributed by atoms with Gasteiger partial charge in [0.2, 0.25) is 5.88 Å². The molecule has 1 aromatic heterocycles. The fraction of sp³-hybridized carbons (Fsp3) is 0.267. The number of rotatable bonds is 4. The van der Waals surface area contributed by atoms with Crippen LogP contribution >= 0.6 is 31.9 Å². The van der Waals surface area contributed by atoms with Crippen LogP contribution in [0, 0.1) is 0 Å². The van der Waals surface area contributed by atoms with Crippen LogP contribution in [0.1, 0.15) is 31.7 Å². The van der Waals surface area contributed by atoms with Crippen LogP contribution in [-0.4, -0.2) is 4.98 Å². The molecular weight excluding hydrogens is 370 g/mol. The average molecular weight is 385 g/mol. The van der Waals surface area contributed by atoms with Gasteiger partial charge in [0, 0.05) is 10.7 Å². The number of ether oxygens (including phenoxy) is 1. The normalized spacial score (nSPS) is 12.2. The Balaban J connectivity index is 2.33. The fourth-order valence-electron chi connectivity index (χ4n) is 1.78. The predicted molar refractivity (Wildman–Crippen MR) is 84.9 cm³/mol. The zero-order chi connectivity index (χ0) is 13.8. The molecule has 0 radical (unpaired) electrons. The van der Waals surface area contributed by atoms with Crippen LogP contribution < -0.4 is 4.74 Å². The van der Waals surface area contributed by atoms with Gasteiger partial charge in [-0.2, -0.15) is 0 Å². The summed E-state index contributed by atoms with van der Waals surface area (Å²) >= 11 is 6.85. The standard InChI is InChI=1S/C15H15Br2NO/c1-3-10(2)12-6-4-5-7-14(12)19-15-13(17)8-11(16)9-18-15/h4-10H,3H2,1-2H3. The Morgan fingerprint density at radius 3 is 2.68 bits per heavy atom. The van der Waals surface area contributed by atoms with Crippen molar-refractivity contribution in [3.63, 3.8) is 0 Å². The summed E-state index contributed by atoms with van der Waals surface area (Å²) in [6, 6.07) is 10.0. The van der Waals surface area contributed by atoms with Gasteiger partial charge in [0.25, 0.3) is 0 Å². The molecule has 2 aromatic rings. The molecule has 0 N–H and O–H groups in total. The molecule has 1 aromatic carbocycles. The zero-order valence-corrected chi connectivity index (χ0v) is 14.0. The average Bonchev–Trinajstić information content (AvgIpc) is 2.41. The molecule has 0 aliphatic rings. The van der Waals surface area contributed by atoms with Crippen LogP contribution in [0.5, 0.6) is 11.6 Å². The molecule has 1 unspecified atom stereocenters. The molecule has 2 nitrogen and oxygen atoms in total. The summed E-state index contributed by atoms with van der Waals surface area (Å²) < 4.78 is 7.69. The van der Waals surface area contributed by atoms with Crippen molar-refractivity contribution in [3.05, 3.63) is 51.0 Å². The summed E-state index contributed by atoms with van der Waals surface area (Å²) in [5.74, 6) is 1.91. The first-order valence-electron chi connectivity index (χ1n) is 6.19. The van der Waals surface area contributed by atoms with E-state index in [1.807, 2.05) is 24.3 Å². The van der Waals surface area contributed by atoms with Crippen molar-refractivity contribution in [1.82, 2.24) is 4.98 Å². The Kier molecular flexibility index (Phi) is 4.99. The minimum Gasteiger partial charge on any atom is -0.438 e. The minimum atomic E-state index is 0.463. The second kappa shape index (κ2) is 6.53. The first kappa shape index (κ1) is 14.5. The lowest BCUT2D eigenvalue weighted by Crippen LogP contribution is -1.97. The van der Waals surface area contributed by atoms with E-state index in [0.29, 0.717) is 11.8 Å². The van der Waals surface area contributed by atoms with E-state index in [9.17, 15) is 0 Å². The van der Waals surface area contributed by atoms with Gasteiger partial charge in [-0.3, -0.25) is 0 Å². The predicted octanol–water partition coefficient (Wildman–Crippen LogP) is 5.91. The zero-order valence-electron chi connectivity index (χ0n) is 10.9. The van der Waals surface area contributed by atoms with E-state index >= 15 is 0 Å². The van der Waals surface area contributed by atoms with Crippen molar-refractivity contribution in [2.45, 2.75) is 26.2 Å². The molecule has 0 bridgehead atoms. The third kappa shape index (κ3) is 3.57. The van der Waals surface area contributed by atoms with Gasteiger partial charge in [-0.15, -0.1) is 0 Å². The van der Waals surface area contributed by atoms with Gasteiger partial charge in [-0.05, 0) is 61.9 Å². The van der Waals surface area contributed by atoms with Crippen molar-refractivity contribution >= 4 is 31.9 Å². The van der Waals surface area contributed by atoms with E-state index in [-0.39, 0.29) is 0 Å². The van der Waals surface area contributed by atoms with Gasteiger partial charge >= 0.3 is 0 Å². The van der Waals surface area contributed by atoms with E-state index in [0.717, 1.165) is 21.1 Å². The molecule has 1 atom stereocenters. The summed E-state index contributed by atoms with van der Waals surface area (Å²) in [7, 11) is 0. The number of hydrogen-bond acceptors (Lipinski definition) is 2. The monoisotopic (exact) mass is 383 g/mol. The Morgan fingerprint density at radius 1 is 1.26 bits per heavy atom. The third-order valence-corrected chi connectivity index (χ3v) is 4.04. The molecule has 0 fully saturated rings. The van der Waals surface area contributed by atoms with Gasteiger partial charge in [-0.25, -0.2) is 4.98 Å². The first-order valence-corrected chi connectivity index (χ1v) is 7.78. The van der Waals surface area contributed by atoms with Crippen molar-refractivity contribution in [2.24, 2.45) is 0 Å². The summed E-state index contributed by atoms with van der Waals surface area (Å²) in [6.07, 6.45) is 2.81. The molecule has 19 heavy (non-hydrogen) atoms. The first-order chi connectivity index (χ1) is 9.11. The Morgan fingerprint density at radius 2 is 2.00 bits per heavy atom. The molecule has 1 heterocycles. The summed E-state index contributed by atoms with van der Waals surface area (Å²) in [5, 5.41) is 0. The van der Waals surface area contributed by atoms with E-state index in [1.165, 1.54) is 5.56 Å². The second-order valence-corrected chi connectivity index (χ2v) is 6.16. The molecule has 4 heteroatoms.